The predicted octanol–water partition coefficient (Wildman–Crippen LogP) is 4.13. The third kappa shape index (κ3) is 3.61. The van der Waals surface area contributed by atoms with Crippen LogP contribution in [0.3, 0.4) is 0 Å². The van der Waals surface area contributed by atoms with Crippen LogP contribution in [-0.2, 0) is 9.84 Å². The SMILES string of the molecule is Cc1cc(-c2cccc(N(C)C)c2)c(-c2ccc(S(C)(=O)=O)cc2)[nH]1. The second-order valence-corrected chi connectivity index (χ2v) is 8.50. The van der Waals surface area contributed by atoms with E-state index < -0.39 is 9.84 Å². The molecule has 0 bridgehead atoms. The maximum atomic E-state index is 11.7. The van der Waals surface area contributed by atoms with Crippen LogP contribution >= 0.6 is 0 Å². The quantitative estimate of drug-likeness (QED) is 0.766. The Morgan fingerprint density at radius 2 is 1.60 bits per heavy atom. The van der Waals surface area contributed by atoms with Gasteiger partial charge in [0.15, 0.2) is 9.84 Å². The fourth-order valence-electron chi connectivity index (χ4n) is 2.87. The minimum atomic E-state index is -3.19. The Morgan fingerprint density at radius 3 is 2.20 bits per heavy atom. The van der Waals surface area contributed by atoms with Crippen molar-refractivity contribution >= 4 is 15.5 Å². The molecule has 0 atom stereocenters. The Kier molecular flexibility index (Phi) is 4.43. The van der Waals surface area contributed by atoms with E-state index in [9.17, 15) is 8.42 Å². The molecule has 3 aromatic rings. The largest absolute Gasteiger partial charge is 0.378 e. The van der Waals surface area contributed by atoms with Gasteiger partial charge < -0.3 is 9.88 Å². The summed E-state index contributed by atoms with van der Waals surface area (Å²) in [6, 6.07) is 17.5. The van der Waals surface area contributed by atoms with E-state index in [0.29, 0.717) is 4.90 Å². The highest BCUT2D eigenvalue weighted by atomic mass is 32.2. The Hall–Kier alpha value is -2.53. The minimum absolute atomic E-state index is 0.329. The van der Waals surface area contributed by atoms with Crippen LogP contribution in [0.5, 0.6) is 0 Å². The van der Waals surface area contributed by atoms with Crippen molar-refractivity contribution in [2.75, 3.05) is 25.3 Å². The Bertz CT molecular complexity index is 1000. The molecule has 0 aliphatic heterocycles. The van der Waals surface area contributed by atoms with Gasteiger partial charge >= 0.3 is 0 Å². The van der Waals surface area contributed by atoms with E-state index >= 15 is 0 Å². The molecule has 0 spiro atoms. The number of nitrogens with one attached hydrogen (secondary N) is 1. The monoisotopic (exact) mass is 354 g/mol. The van der Waals surface area contributed by atoms with Crippen molar-refractivity contribution in [2.45, 2.75) is 11.8 Å². The van der Waals surface area contributed by atoms with Crippen molar-refractivity contribution in [1.82, 2.24) is 4.98 Å². The number of sulfone groups is 1. The molecule has 4 nitrogen and oxygen atoms in total. The first-order valence-electron chi connectivity index (χ1n) is 8.03. The molecule has 0 unspecified atom stereocenters. The first-order chi connectivity index (χ1) is 11.8. The summed E-state index contributed by atoms with van der Waals surface area (Å²) in [4.78, 5) is 5.81. The maximum Gasteiger partial charge on any atom is 0.175 e. The molecule has 5 heteroatoms. The van der Waals surface area contributed by atoms with Crippen LogP contribution in [0.2, 0.25) is 0 Å². The molecule has 0 aliphatic rings. The molecular weight excluding hydrogens is 332 g/mol. The summed E-state index contributed by atoms with van der Waals surface area (Å²) in [5.74, 6) is 0. The number of aryl methyl sites for hydroxylation is 1. The summed E-state index contributed by atoms with van der Waals surface area (Å²) < 4.78 is 23.3. The van der Waals surface area contributed by atoms with Gasteiger partial charge in [-0.15, -0.1) is 0 Å². The van der Waals surface area contributed by atoms with Gasteiger partial charge in [0.05, 0.1) is 10.6 Å². The lowest BCUT2D eigenvalue weighted by Gasteiger charge is -2.14. The molecule has 25 heavy (non-hydrogen) atoms. The molecule has 1 heterocycles. The first-order valence-corrected chi connectivity index (χ1v) is 9.93. The van der Waals surface area contributed by atoms with Crippen molar-refractivity contribution in [1.29, 1.82) is 0 Å². The van der Waals surface area contributed by atoms with Gasteiger partial charge in [-0.05, 0) is 48.4 Å². The van der Waals surface area contributed by atoms with Gasteiger partial charge in [0.25, 0.3) is 0 Å². The van der Waals surface area contributed by atoms with Crippen molar-refractivity contribution in [3.8, 4) is 22.4 Å². The molecule has 0 radical (unpaired) electrons. The lowest BCUT2D eigenvalue weighted by molar-refractivity contribution is 0.602. The zero-order valence-corrected chi connectivity index (χ0v) is 15.7. The molecule has 130 valence electrons. The number of nitrogens with zero attached hydrogens (tertiary/aromatic N) is 1. The van der Waals surface area contributed by atoms with Gasteiger partial charge in [0, 0.05) is 37.3 Å². The number of anilines is 1. The topological polar surface area (TPSA) is 53.2 Å². The van der Waals surface area contributed by atoms with Crippen LogP contribution in [0.15, 0.2) is 59.5 Å². The molecule has 0 fully saturated rings. The molecule has 1 aromatic heterocycles. The summed E-state index contributed by atoms with van der Waals surface area (Å²) in [7, 11) is 0.851. The van der Waals surface area contributed by atoms with E-state index in [1.165, 1.54) is 6.26 Å². The highest BCUT2D eigenvalue weighted by Crippen LogP contribution is 2.34. The lowest BCUT2D eigenvalue weighted by atomic mass is 10.0. The Balaban J connectivity index is 2.09. The number of rotatable bonds is 4. The molecular formula is C20H22N2O2S. The number of H-pyrrole nitrogens is 1. The minimum Gasteiger partial charge on any atom is -0.378 e. The van der Waals surface area contributed by atoms with Crippen LogP contribution < -0.4 is 4.90 Å². The number of aromatic amines is 1. The average Bonchev–Trinajstić information content (AvgIpc) is 2.96. The predicted molar refractivity (Wildman–Crippen MR) is 104 cm³/mol. The molecule has 0 saturated carbocycles. The fourth-order valence-corrected chi connectivity index (χ4v) is 3.50. The molecule has 0 aliphatic carbocycles. The van der Waals surface area contributed by atoms with Gasteiger partial charge in [0.1, 0.15) is 0 Å². The second-order valence-electron chi connectivity index (χ2n) is 6.48. The van der Waals surface area contributed by atoms with Crippen LogP contribution in [-0.4, -0.2) is 33.8 Å². The van der Waals surface area contributed by atoms with E-state index in [1.54, 1.807) is 12.1 Å². The maximum absolute atomic E-state index is 11.7. The van der Waals surface area contributed by atoms with Crippen molar-refractivity contribution in [3.63, 3.8) is 0 Å². The van der Waals surface area contributed by atoms with Crippen molar-refractivity contribution in [3.05, 3.63) is 60.3 Å². The van der Waals surface area contributed by atoms with E-state index in [0.717, 1.165) is 33.8 Å². The molecule has 0 saturated heterocycles. The van der Waals surface area contributed by atoms with Crippen LogP contribution in [0.1, 0.15) is 5.69 Å². The molecule has 2 aromatic carbocycles. The third-order valence-electron chi connectivity index (χ3n) is 4.20. The average molecular weight is 354 g/mol. The van der Waals surface area contributed by atoms with Gasteiger partial charge in [0.2, 0.25) is 0 Å². The smallest absolute Gasteiger partial charge is 0.175 e. The first kappa shape index (κ1) is 17.3. The lowest BCUT2D eigenvalue weighted by Crippen LogP contribution is -2.08. The number of benzene rings is 2. The normalized spacial score (nSPS) is 11.5. The zero-order valence-electron chi connectivity index (χ0n) is 14.9. The van der Waals surface area contributed by atoms with E-state index in [2.05, 4.69) is 34.1 Å². The fraction of sp³-hybridized carbons (Fsp3) is 0.200. The highest BCUT2D eigenvalue weighted by Gasteiger charge is 2.13. The van der Waals surface area contributed by atoms with E-state index in [1.807, 2.05) is 39.2 Å². The summed E-state index contributed by atoms with van der Waals surface area (Å²) in [5, 5.41) is 0. The summed E-state index contributed by atoms with van der Waals surface area (Å²) in [6.45, 7) is 2.02. The third-order valence-corrected chi connectivity index (χ3v) is 5.33. The molecule has 0 amide bonds. The molecule has 3 rings (SSSR count). The summed E-state index contributed by atoms with van der Waals surface area (Å²) >= 11 is 0. The summed E-state index contributed by atoms with van der Waals surface area (Å²) in [5.41, 5.74) is 6.38. The van der Waals surface area contributed by atoms with E-state index in [4.69, 9.17) is 0 Å². The van der Waals surface area contributed by atoms with Crippen molar-refractivity contribution in [2.24, 2.45) is 0 Å². The number of hydrogen-bond acceptors (Lipinski definition) is 3. The van der Waals surface area contributed by atoms with Gasteiger partial charge in [-0.1, -0.05) is 24.3 Å². The van der Waals surface area contributed by atoms with Gasteiger partial charge in [-0.2, -0.15) is 0 Å². The van der Waals surface area contributed by atoms with Crippen LogP contribution in [0.4, 0.5) is 5.69 Å². The molecule has 1 N–H and O–H groups in total. The highest BCUT2D eigenvalue weighted by molar-refractivity contribution is 7.90. The van der Waals surface area contributed by atoms with E-state index in [-0.39, 0.29) is 0 Å². The number of aromatic nitrogens is 1. The van der Waals surface area contributed by atoms with Crippen LogP contribution in [0, 0.1) is 6.92 Å². The Labute approximate surface area is 149 Å². The van der Waals surface area contributed by atoms with Gasteiger partial charge in [-0.3, -0.25) is 0 Å². The van der Waals surface area contributed by atoms with Crippen molar-refractivity contribution < 1.29 is 8.42 Å². The zero-order chi connectivity index (χ0) is 18.2. The standard InChI is InChI=1S/C20H22N2O2S/c1-14-12-19(16-6-5-7-17(13-16)22(2)3)20(21-14)15-8-10-18(11-9-15)25(4,23)24/h5-13,21H,1-4H3. The summed E-state index contributed by atoms with van der Waals surface area (Å²) in [6.07, 6.45) is 1.22. The second kappa shape index (κ2) is 6.41. The number of hydrogen-bond donors (Lipinski definition) is 1. The van der Waals surface area contributed by atoms with Gasteiger partial charge in [-0.25, -0.2) is 8.42 Å². The van der Waals surface area contributed by atoms with Crippen LogP contribution in [0.25, 0.3) is 22.4 Å². The Morgan fingerprint density at radius 1 is 0.920 bits per heavy atom.